The van der Waals surface area contributed by atoms with Crippen molar-refractivity contribution in [3.63, 3.8) is 0 Å². The molecule has 0 atom stereocenters. The highest BCUT2D eigenvalue weighted by molar-refractivity contribution is 5.79. The van der Waals surface area contributed by atoms with Gasteiger partial charge in [-0.25, -0.2) is 4.98 Å². The third-order valence-corrected chi connectivity index (χ3v) is 4.12. The third-order valence-electron chi connectivity index (χ3n) is 4.12. The number of para-hydroxylation sites is 1. The number of fused-ring (bicyclic) bond motifs is 1. The van der Waals surface area contributed by atoms with Crippen LogP contribution in [0.15, 0.2) is 30.7 Å². The molecule has 0 unspecified atom stereocenters. The fourth-order valence-corrected chi connectivity index (χ4v) is 3.04. The van der Waals surface area contributed by atoms with Crippen molar-refractivity contribution in [2.45, 2.75) is 39.2 Å². The lowest BCUT2D eigenvalue weighted by molar-refractivity contribution is 0.475. The van der Waals surface area contributed by atoms with Gasteiger partial charge < -0.3 is 9.88 Å². The molecule has 1 N–H and O–H groups in total. The molecule has 3 heteroatoms. The Bertz CT molecular complexity index is 567. The summed E-state index contributed by atoms with van der Waals surface area (Å²) in [7, 11) is 0. The summed E-state index contributed by atoms with van der Waals surface area (Å²) >= 11 is 0. The van der Waals surface area contributed by atoms with Crippen LogP contribution >= 0.6 is 0 Å². The number of hydrogen-bond acceptors (Lipinski definition) is 2. The Kier molecular flexibility index (Phi) is 3.28. The monoisotopic (exact) mass is 255 g/mol. The van der Waals surface area contributed by atoms with E-state index in [0.29, 0.717) is 6.04 Å². The normalized spacial score (nSPS) is 13.6. The second kappa shape index (κ2) is 5.08. The summed E-state index contributed by atoms with van der Waals surface area (Å²) in [6.07, 6.45) is 7.38. The van der Waals surface area contributed by atoms with Crippen LogP contribution in [0.25, 0.3) is 11.3 Å². The molecule has 0 amide bonds. The van der Waals surface area contributed by atoms with Crippen molar-refractivity contribution in [2.24, 2.45) is 0 Å². The highest BCUT2D eigenvalue weighted by Gasteiger charge is 2.19. The van der Waals surface area contributed by atoms with Crippen molar-refractivity contribution in [1.82, 2.24) is 9.55 Å². The maximum atomic E-state index is 4.38. The van der Waals surface area contributed by atoms with E-state index in [1.807, 2.05) is 12.5 Å². The quantitative estimate of drug-likeness (QED) is 0.898. The number of anilines is 1. The average Bonchev–Trinajstić information content (AvgIpc) is 3.08. The highest BCUT2D eigenvalue weighted by atomic mass is 15.1. The summed E-state index contributed by atoms with van der Waals surface area (Å²) in [6, 6.07) is 7.12. The zero-order valence-corrected chi connectivity index (χ0v) is 11.7. The van der Waals surface area contributed by atoms with Crippen molar-refractivity contribution in [1.29, 1.82) is 0 Å². The van der Waals surface area contributed by atoms with Gasteiger partial charge in [0.15, 0.2) is 0 Å². The Balaban J connectivity index is 2.09. The molecule has 2 heterocycles. The van der Waals surface area contributed by atoms with Gasteiger partial charge in [0.2, 0.25) is 0 Å². The molecule has 3 rings (SSSR count). The third kappa shape index (κ3) is 2.03. The van der Waals surface area contributed by atoms with Crippen LogP contribution in [0, 0.1) is 0 Å². The van der Waals surface area contributed by atoms with Crippen LogP contribution in [0.4, 0.5) is 5.69 Å². The minimum atomic E-state index is 0.537. The molecule has 1 aliphatic rings. The Morgan fingerprint density at radius 2 is 2.16 bits per heavy atom. The summed E-state index contributed by atoms with van der Waals surface area (Å²) in [5.74, 6) is 0. The van der Waals surface area contributed by atoms with Crippen LogP contribution in [0.3, 0.4) is 0 Å². The Morgan fingerprint density at radius 1 is 1.32 bits per heavy atom. The minimum Gasteiger partial charge on any atom is -0.384 e. The minimum absolute atomic E-state index is 0.537. The number of rotatable bonds is 4. The number of hydrogen-bond donors (Lipinski definition) is 1. The van der Waals surface area contributed by atoms with E-state index < -0.39 is 0 Å². The molecule has 100 valence electrons. The first-order valence-electron chi connectivity index (χ1n) is 7.23. The molecule has 1 aromatic heterocycles. The fraction of sp³-hybridized carbons (Fsp3) is 0.438. The van der Waals surface area contributed by atoms with E-state index in [-0.39, 0.29) is 0 Å². The predicted molar refractivity (Wildman–Crippen MR) is 79.5 cm³/mol. The number of aromatic nitrogens is 2. The van der Waals surface area contributed by atoms with Crippen LogP contribution in [-0.2, 0) is 6.42 Å². The van der Waals surface area contributed by atoms with Crippen LogP contribution in [0.5, 0.6) is 0 Å². The van der Waals surface area contributed by atoms with E-state index in [1.165, 1.54) is 22.5 Å². The van der Waals surface area contributed by atoms with Gasteiger partial charge in [0.1, 0.15) is 0 Å². The smallest absolute Gasteiger partial charge is 0.0953 e. The standard InChI is InChI=1S/C16H21N3/c1-3-13(4-2)19-11-17-10-15(19)14-7-5-6-12-8-9-18-16(12)14/h5-7,10-11,13,18H,3-4,8-9H2,1-2H3. The SMILES string of the molecule is CCC(CC)n1cncc1-c1cccc2c1NCC2. The molecular weight excluding hydrogens is 234 g/mol. The van der Waals surface area contributed by atoms with Crippen molar-refractivity contribution in [3.05, 3.63) is 36.3 Å². The summed E-state index contributed by atoms with van der Waals surface area (Å²) in [5.41, 5.74) is 5.25. The topological polar surface area (TPSA) is 29.9 Å². The number of nitrogens with zero attached hydrogens (tertiary/aromatic N) is 2. The van der Waals surface area contributed by atoms with Gasteiger partial charge in [-0.3, -0.25) is 0 Å². The highest BCUT2D eigenvalue weighted by Crippen LogP contribution is 2.35. The number of nitrogens with one attached hydrogen (secondary N) is 1. The van der Waals surface area contributed by atoms with E-state index >= 15 is 0 Å². The average molecular weight is 255 g/mol. The van der Waals surface area contributed by atoms with E-state index in [2.05, 4.69) is 46.9 Å². The first-order chi connectivity index (χ1) is 9.35. The van der Waals surface area contributed by atoms with Crippen molar-refractivity contribution in [2.75, 3.05) is 11.9 Å². The predicted octanol–water partition coefficient (Wildman–Crippen LogP) is 3.88. The molecule has 0 saturated carbocycles. The van der Waals surface area contributed by atoms with Crippen molar-refractivity contribution < 1.29 is 0 Å². The zero-order valence-electron chi connectivity index (χ0n) is 11.7. The molecule has 1 aliphatic heterocycles. The molecule has 0 spiro atoms. The summed E-state index contributed by atoms with van der Waals surface area (Å²) < 4.78 is 2.33. The van der Waals surface area contributed by atoms with Gasteiger partial charge in [0, 0.05) is 23.8 Å². The second-order valence-electron chi connectivity index (χ2n) is 5.17. The first-order valence-corrected chi connectivity index (χ1v) is 7.23. The molecule has 3 nitrogen and oxygen atoms in total. The van der Waals surface area contributed by atoms with Crippen molar-refractivity contribution >= 4 is 5.69 Å². The first kappa shape index (κ1) is 12.3. The lowest BCUT2D eigenvalue weighted by atomic mass is 10.0. The molecule has 2 aromatic rings. The molecular formula is C16H21N3. The molecule has 1 aromatic carbocycles. The second-order valence-corrected chi connectivity index (χ2v) is 5.17. The van der Waals surface area contributed by atoms with Gasteiger partial charge >= 0.3 is 0 Å². The van der Waals surface area contributed by atoms with Gasteiger partial charge in [-0.05, 0) is 24.8 Å². The Morgan fingerprint density at radius 3 is 2.95 bits per heavy atom. The van der Waals surface area contributed by atoms with Crippen LogP contribution in [0.2, 0.25) is 0 Å². The molecule has 0 fully saturated rings. The van der Waals surface area contributed by atoms with Gasteiger partial charge in [-0.1, -0.05) is 32.0 Å². The van der Waals surface area contributed by atoms with Gasteiger partial charge in [-0.15, -0.1) is 0 Å². The van der Waals surface area contributed by atoms with E-state index in [4.69, 9.17) is 0 Å². The van der Waals surface area contributed by atoms with Gasteiger partial charge in [0.05, 0.1) is 18.2 Å². The van der Waals surface area contributed by atoms with E-state index in [0.717, 1.165) is 25.8 Å². The maximum Gasteiger partial charge on any atom is 0.0953 e. The lowest BCUT2D eigenvalue weighted by Gasteiger charge is -2.19. The number of benzene rings is 1. The summed E-state index contributed by atoms with van der Waals surface area (Å²) in [5, 5.41) is 3.52. The van der Waals surface area contributed by atoms with Crippen LogP contribution in [0.1, 0.15) is 38.3 Å². The molecule has 0 bridgehead atoms. The van der Waals surface area contributed by atoms with E-state index in [1.54, 1.807) is 0 Å². The zero-order chi connectivity index (χ0) is 13.2. The summed E-state index contributed by atoms with van der Waals surface area (Å²) in [4.78, 5) is 4.38. The van der Waals surface area contributed by atoms with Crippen LogP contribution in [-0.4, -0.2) is 16.1 Å². The maximum absolute atomic E-state index is 4.38. The molecule has 0 saturated heterocycles. The summed E-state index contributed by atoms with van der Waals surface area (Å²) in [6.45, 7) is 5.53. The fourth-order valence-electron chi connectivity index (χ4n) is 3.04. The van der Waals surface area contributed by atoms with Crippen LogP contribution < -0.4 is 5.32 Å². The largest absolute Gasteiger partial charge is 0.384 e. The molecule has 19 heavy (non-hydrogen) atoms. The lowest BCUT2D eigenvalue weighted by Crippen LogP contribution is -2.07. The van der Waals surface area contributed by atoms with Crippen molar-refractivity contribution in [3.8, 4) is 11.3 Å². The Hall–Kier alpha value is -1.77. The van der Waals surface area contributed by atoms with Gasteiger partial charge in [0.25, 0.3) is 0 Å². The Labute approximate surface area is 114 Å². The van der Waals surface area contributed by atoms with Gasteiger partial charge in [-0.2, -0.15) is 0 Å². The van der Waals surface area contributed by atoms with E-state index in [9.17, 15) is 0 Å². The number of imidazole rings is 1. The molecule has 0 radical (unpaired) electrons. The molecule has 0 aliphatic carbocycles.